The molecule has 0 aliphatic heterocycles. The third-order valence-corrected chi connectivity index (χ3v) is 4.40. The van der Waals surface area contributed by atoms with Crippen LogP contribution in [0.3, 0.4) is 0 Å². The van der Waals surface area contributed by atoms with E-state index in [2.05, 4.69) is 20.0 Å². The van der Waals surface area contributed by atoms with E-state index in [9.17, 15) is 18.0 Å². The molecular formula is C17H18F3N3O3. The molecule has 0 radical (unpaired) electrons. The zero-order valence-corrected chi connectivity index (χ0v) is 14.0. The number of methoxy groups -OCH3 is 1. The van der Waals surface area contributed by atoms with E-state index in [-0.39, 0.29) is 23.9 Å². The van der Waals surface area contributed by atoms with Crippen molar-refractivity contribution in [1.82, 2.24) is 15.5 Å². The number of hydrogen-bond acceptors (Lipinski definition) is 5. The Hall–Kier alpha value is -2.42. The van der Waals surface area contributed by atoms with Gasteiger partial charge in [0.05, 0.1) is 12.1 Å². The van der Waals surface area contributed by atoms with Crippen LogP contribution in [0.4, 0.5) is 13.2 Å². The van der Waals surface area contributed by atoms with Crippen LogP contribution >= 0.6 is 0 Å². The molecule has 2 aromatic rings. The van der Waals surface area contributed by atoms with E-state index < -0.39 is 12.1 Å². The van der Waals surface area contributed by atoms with E-state index >= 15 is 0 Å². The van der Waals surface area contributed by atoms with Crippen molar-refractivity contribution in [2.75, 3.05) is 7.11 Å². The van der Waals surface area contributed by atoms with E-state index in [4.69, 9.17) is 4.74 Å². The van der Waals surface area contributed by atoms with Crippen LogP contribution in [0, 0.1) is 0 Å². The number of benzene rings is 1. The second-order valence-electron chi connectivity index (χ2n) is 6.14. The van der Waals surface area contributed by atoms with Gasteiger partial charge in [0, 0.05) is 18.2 Å². The lowest BCUT2D eigenvalue weighted by Crippen LogP contribution is -2.45. The number of nitrogens with one attached hydrogen (secondary N) is 1. The number of carbonyl (C=O) groups excluding carboxylic acids is 1. The third kappa shape index (κ3) is 4.04. The Labute approximate surface area is 147 Å². The van der Waals surface area contributed by atoms with Crippen molar-refractivity contribution in [3.63, 3.8) is 0 Å². The molecule has 1 aliphatic rings. The van der Waals surface area contributed by atoms with Crippen LogP contribution in [0.25, 0.3) is 11.4 Å². The molecule has 1 saturated carbocycles. The molecule has 6 nitrogen and oxygen atoms in total. The molecule has 1 aromatic heterocycles. The number of ether oxygens (including phenoxy) is 1. The third-order valence-electron chi connectivity index (χ3n) is 4.40. The fourth-order valence-electron chi connectivity index (χ4n) is 3.02. The predicted molar refractivity (Wildman–Crippen MR) is 85.3 cm³/mol. The first-order chi connectivity index (χ1) is 12.4. The number of carbonyl (C=O) groups is 1. The van der Waals surface area contributed by atoms with Gasteiger partial charge in [0.25, 0.3) is 5.91 Å². The zero-order chi connectivity index (χ0) is 18.7. The topological polar surface area (TPSA) is 77.2 Å². The van der Waals surface area contributed by atoms with Gasteiger partial charge in [0.15, 0.2) is 0 Å². The first kappa shape index (κ1) is 18.4. The van der Waals surface area contributed by atoms with Crippen molar-refractivity contribution >= 4 is 5.91 Å². The summed E-state index contributed by atoms with van der Waals surface area (Å²) in [6.07, 6.45) is -0.839. The first-order valence-electron chi connectivity index (χ1n) is 8.23. The van der Waals surface area contributed by atoms with E-state index in [1.807, 2.05) is 0 Å². The molecule has 0 bridgehead atoms. The van der Waals surface area contributed by atoms with E-state index in [1.165, 1.54) is 24.3 Å². The van der Waals surface area contributed by atoms with E-state index in [0.717, 1.165) is 25.7 Å². The Kier molecular flexibility index (Phi) is 5.26. The molecule has 3 rings (SSSR count). The highest BCUT2D eigenvalue weighted by atomic mass is 19.4. The lowest BCUT2D eigenvalue weighted by molar-refractivity contribution is -0.159. The monoisotopic (exact) mass is 369 g/mol. The van der Waals surface area contributed by atoms with Gasteiger partial charge in [-0.3, -0.25) is 4.79 Å². The Balaban J connectivity index is 1.69. The molecule has 9 heteroatoms. The average molecular weight is 369 g/mol. The van der Waals surface area contributed by atoms with Crippen LogP contribution in [-0.2, 0) is 10.9 Å². The second-order valence-corrected chi connectivity index (χ2v) is 6.14. The summed E-state index contributed by atoms with van der Waals surface area (Å²) < 4.78 is 47.2. The minimum Gasteiger partial charge on any atom is -0.379 e. The van der Waals surface area contributed by atoms with Crippen LogP contribution in [0.15, 0.2) is 28.8 Å². The van der Waals surface area contributed by atoms with Crippen molar-refractivity contribution < 1.29 is 27.2 Å². The molecule has 1 N–H and O–H groups in total. The Bertz CT molecular complexity index is 759. The molecule has 1 heterocycles. The Morgan fingerprint density at radius 2 is 1.92 bits per heavy atom. The fourth-order valence-corrected chi connectivity index (χ4v) is 3.02. The minimum atomic E-state index is -4.69. The second kappa shape index (κ2) is 7.45. The van der Waals surface area contributed by atoms with Gasteiger partial charge in [-0.15, -0.1) is 0 Å². The smallest absolute Gasteiger partial charge is 0.379 e. The SMILES string of the molecule is CO[C@@H]1CCCC[C@H]1NC(=O)c1ccc(-c2noc(C(F)(F)F)n2)cc1. The highest BCUT2D eigenvalue weighted by Crippen LogP contribution is 2.29. The lowest BCUT2D eigenvalue weighted by Gasteiger charge is -2.31. The lowest BCUT2D eigenvalue weighted by atomic mass is 9.92. The quantitative estimate of drug-likeness (QED) is 0.893. The maximum absolute atomic E-state index is 12.5. The van der Waals surface area contributed by atoms with Crippen LogP contribution < -0.4 is 5.32 Å². The summed E-state index contributed by atoms with van der Waals surface area (Å²) in [5.41, 5.74) is 0.724. The average Bonchev–Trinajstić information content (AvgIpc) is 3.13. The van der Waals surface area contributed by atoms with Crippen LogP contribution in [0.5, 0.6) is 0 Å². The number of halogens is 3. The standard InChI is InChI=1S/C17H18F3N3O3/c1-25-13-5-3-2-4-12(13)21-15(24)11-8-6-10(7-9-11)14-22-16(26-23-14)17(18,19)20/h6-9,12-13H,2-5H2,1H3,(H,21,24)/t12-,13-/m1/s1. The predicted octanol–water partition coefficient (Wildman–Crippen LogP) is 3.44. The zero-order valence-electron chi connectivity index (χ0n) is 14.0. The van der Waals surface area contributed by atoms with Crippen molar-refractivity contribution in [1.29, 1.82) is 0 Å². The molecule has 140 valence electrons. The van der Waals surface area contributed by atoms with Crippen molar-refractivity contribution in [3.05, 3.63) is 35.7 Å². The van der Waals surface area contributed by atoms with Crippen LogP contribution in [0.2, 0.25) is 0 Å². The molecule has 1 amide bonds. The molecule has 2 atom stereocenters. The van der Waals surface area contributed by atoms with Crippen LogP contribution in [-0.4, -0.2) is 35.3 Å². The van der Waals surface area contributed by atoms with Gasteiger partial charge in [-0.2, -0.15) is 18.2 Å². The summed E-state index contributed by atoms with van der Waals surface area (Å²) in [7, 11) is 1.63. The van der Waals surface area contributed by atoms with Gasteiger partial charge in [-0.05, 0) is 25.0 Å². The summed E-state index contributed by atoms with van der Waals surface area (Å²) in [6, 6.07) is 5.94. The van der Waals surface area contributed by atoms with Gasteiger partial charge in [-0.25, -0.2) is 0 Å². The van der Waals surface area contributed by atoms with Crippen molar-refractivity contribution in [3.8, 4) is 11.4 Å². The normalized spacial score (nSPS) is 20.8. The summed E-state index contributed by atoms with van der Waals surface area (Å²) in [6.45, 7) is 0. The fraction of sp³-hybridized carbons (Fsp3) is 0.471. The van der Waals surface area contributed by atoms with Gasteiger partial charge in [0.2, 0.25) is 5.82 Å². The molecular weight excluding hydrogens is 351 g/mol. The maximum Gasteiger partial charge on any atom is 0.471 e. The number of alkyl halides is 3. The number of hydrogen-bond donors (Lipinski definition) is 1. The summed E-state index contributed by atoms with van der Waals surface area (Å²) in [4.78, 5) is 15.7. The molecule has 1 aromatic carbocycles. The number of rotatable bonds is 4. The largest absolute Gasteiger partial charge is 0.471 e. The molecule has 0 saturated heterocycles. The summed E-state index contributed by atoms with van der Waals surface area (Å²) in [5, 5.41) is 6.28. The number of amides is 1. The van der Waals surface area contributed by atoms with Gasteiger partial charge < -0.3 is 14.6 Å². The molecule has 0 unspecified atom stereocenters. The Morgan fingerprint density at radius 1 is 1.23 bits per heavy atom. The van der Waals surface area contributed by atoms with E-state index in [0.29, 0.717) is 11.1 Å². The molecule has 26 heavy (non-hydrogen) atoms. The van der Waals surface area contributed by atoms with Crippen molar-refractivity contribution in [2.24, 2.45) is 0 Å². The highest BCUT2D eigenvalue weighted by molar-refractivity contribution is 5.94. The van der Waals surface area contributed by atoms with Gasteiger partial charge in [0.1, 0.15) is 0 Å². The first-order valence-corrected chi connectivity index (χ1v) is 8.23. The van der Waals surface area contributed by atoms with Gasteiger partial charge in [-0.1, -0.05) is 30.1 Å². The molecule has 0 spiro atoms. The number of aromatic nitrogens is 2. The molecule has 1 fully saturated rings. The summed E-state index contributed by atoms with van der Waals surface area (Å²) in [5.74, 6) is -1.84. The minimum absolute atomic E-state index is 0.00732. The van der Waals surface area contributed by atoms with Gasteiger partial charge >= 0.3 is 12.1 Å². The molecule has 1 aliphatic carbocycles. The highest BCUT2D eigenvalue weighted by Gasteiger charge is 2.38. The summed E-state index contributed by atoms with van der Waals surface area (Å²) >= 11 is 0. The van der Waals surface area contributed by atoms with Crippen LogP contribution in [0.1, 0.15) is 41.9 Å². The van der Waals surface area contributed by atoms with Crippen molar-refractivity contribution in [2.45, 2.75) is 44.0 Å². The van der Waals surface area contributed by atoms with E-state index in [1.54, 1.807) is 7.11 Å². The Morgan fingerprint density at radius 3 is 2.54 bits per heavy atom. The maximum atomic E-state index is 12.5. The number of nitrogens with zero attached hydrogens (tertiary/aromatic N) is 2.